The molecular formula is C16H15FN2O2. The highest BCUT2D eigenvalue weighted by Gasteiger charge is 2.11. The van der Waals surface area contributed by atoms with Crippen molar-refractivity contribution in [1.82, 2.24) is 10.6 Å². The van der Waals surface area contributed by atoms with Gasteiger partial charge in [-0.25, -0.2) is 4.39 Å². The summed E-state index contributed by atoms with van der Waals surface area (Å²) in [6, 6.07) is 15.0. The second-order valence-electron chi connectivity index (χ2n) is 4.42. The Hall–Kier alpha value is -2.69. The Morgan fingerprint density at radius 2 is 1.57 bits per heavy atom. The van der Waals surface area contributed by atoms with Gasteiger partial charge in [-0.05, 0) is 17.7 Å². The van der Waals surface area contributed by atoms with Crippen molar-refractivity contribution in [3.05, 3.63) is 71.5 Å². The van der Waals surface area contributed by atoms with Gasteiger partial charge in [0.15, 0.2) is 0 Å². The molecule has 108 valence electrons. The molecule has 0 spiro atoms. The van der Waals surface area contributed by atoms with E-state index in [0.29, 0.717) is 6.54 Å². The van der Waals surface area contributed by atoms with Gasteiger partial charge < -0.3 is 10.6 Å². The van der Waals surface area contributed by atoms with Crippen molar-refractivity contribution in [3.63, 3.8) is 0 Å². The van der Waals surface area contributed by atoms with Gasteiger partial charge in [0.2, 0.25) is 5.91 Å². The minimum Gasteiger partial charge on any atom is -0.350 e. The number of nitrogens with one attached hydrogen (secondary N) is 2. The van der Waals surface area contributed by atoms with Crippen LogP contribution in [0.5, 0.6) is 0 Å². The van der Waals surface area contributed by atoms with Gasteiger partial charge >= 0.3 is 0 Å². The van der Waals surface area contributed by atoms with Gasteiger partial charge in [-0.3, -0.25) is 9.59 Å². The Labute approximate surface area is 122 Å². The number of rotatable bonds is 5. The predicted octanol–water partition coefficient (Wildman–Crippen LogP) is 1.87. The average molecular weight is 286 g/mol. The van der Waals surface area contributed by atoms with Crippen LogP contribution in [0.15, 0.2) is 54.6 Å². The molecule has 0 saturated heterocycles. The second kappa shape index (κ2) is 7.19. The molecule has 4 nitrogen and oxygen atoms in total. The molecule has 0 aliphatic rings. The van der Waals surface area contributed by atoms with Crippen LogP contribution in [-0.4, -0.2) is 18.4 Å². The van der Waals surface area contributed by atoms with Crippen LogP contribution in [-0.2, 0) is 11.3 Å². The van der Waals surface area contributed by atoms with Crippen LogP contribution in [0.4, 0.5) is 4.39 Å². The zero-order valence-electron chi connectivity index (χ0n) is 11.3. The molecule has 0 unspecified atom stereocenters. The SMILES string of the molecule is O=C(CNC(=O)c1ccccc1F)NCc1ccccc1. The molecule has 0 aromatic heterocycles. The van der Waals surface area contributed by atoms with E-state index in [-0.39, 0.29) is 18.0 Å². The standard InChI is InChI=1S/C16H15FN2O2/c17-14-9-5-4-8-13(14)16(21)19-11-15(20)18-10-12-6-2-1-3-7-12/h1-9H,10-11H2,(H,18,20)(H,19,21). The molecular weight excluding hydrogens is 271 g/mol. The van der Waals surface area contributed by atoms with Gasteiger partial charge in [-0.15, -0.1) is 0 Å². The lowest BCUT2D eigenvalue weighted by molar-refractivity contribution is -0.120. The number of halogens is 1. The molecule has 21 heavy (non-hydrogen) atoms. The molecule has 2 aromatic rings. The van der Waals surface area contributed by atoms with Gasteiger partial charge in [0, 0.05) is 6.54 Å². The van der Waals surface area contributed by atoms with E-state index in [1.165, 1.54) is 18.2 Å². The Morgan fingerprint density at radius 1 is 0.905 bits per heavy atom. The Kier molecular flexibility index (Phi) is 5.04. The summed E-state index contributed by atoms with van der Waals surface area (Å²) in [6.07, 6.45) is 0. The van der Waals surface area contributed by atoms with Crippen LogP contribution in [0.25, 0.3) is 0 Å². The van der Waals surface area contributed by atoms with E-state index in [2.05, 4.69) is 10.6 Å². The highest BCUT2D eigenvalue weighted by atomic mass is 19.1. The molecule has 2 aromatic carbocycles. The average Bonchev–Trinajstić information content (AvgIpc) is 2.52. The van der Waals surface area contributed by atoms with Crippen molar-refractivity contribution >= 4 is 11.8 Å². The molecule has 0 atom stereocenters. The lowest BCUT2D eigenvalue weighted by Crippen LogP contribution is -2.36. The molecule has 0 radical (unpaired) electrons. The zero-order valence-corrected chi connectivity index (χ0v) is 11.3. The van der Waals surface area contributed by atoms with E-state index in [0.717, 1.165) is 5.56 Å². The number of hydrogen-bond acceptors (Lipinski definition) is 2. The van der Waals surface area contributed by atoms with Gasteiger partial charge in [-0.1, -0.05) is 42.5 Å². The van der Waals surface area contributed by atoms with E-state index >= 15 is 0 Å². The first-order chi connectivity index (χ1) is 10.2. The van der Waals surface area contributed by atoms with E-state index in [1.54, 1.807) is 6.07 Å². The predicted molar refractivity (Wildman–Crippen MR) is 77.0 cm³/mol. The summed E-state index contributed by atoms with van der Waals surface area (Å²) >= 11 is 0. The summed E-state index contributed by atoms with van der Waals surface area (Å²) in [4.78, 5) is 23.3. The molecule has 0 aliphatic carbocycles. The maximum absolute atomic E-state index is 13.4. The zero-order chi connectivity index (χ0) is 15.1. The van der Waals surface area contributed by atoms with Gasteiger partial charge in [-0.2, -0.15) is 0 Å². The minimum absolute atomic E-state index is 0.0756. The minimum atomic E-state index is -0.611. The van der Waals surface area contributed by atoms with Crippen LogP contribution in [0.3, 0.4) is 0 Å². The maximum atomic E-state index is 13.4. The summed E-state index contributed by atoms with van der Waals surface area (Å²) < 4.78 is 13.4. The fourth-order valence-corrected chi connectivity index (χ4v) is 1.76. The fraction of sp³-hybridized carbons (Fsp3) is 0.125. The first-order valence-electron chi connectivity index (χ1n) is 6.50. The highest BCUT2D eigenvalue weighted by molar-refractivity contribution is 5.96. The topological polar surface area (TPSA) is 58.2 Å². The third kappa shape index (κ3) is 4.42. The van der Waals surface area contributed by atoms with Gasteiger partial charge in [0.05, 0.1) is 12.1 Å². The maximum Gasteiger partial charge on any atom is 0.254 e. The van der Waals surface area contributed by atoms with Gasteiger partial charge in [0.1, 0.15) is 5.82 Å². The van der Waals surface area contributed by atoms with Crippen molar-refractivity contribution in [2.75, 3.05) is 6.54 Å². The summed E-state index contributed by atoms with van der Waals surface area (Å²) in [7, 11) is 0. The van der Waals surface area contributed by atoms with Crippen molar-refractivity contribution in [1.29, 1.82) is 0 Å². The van der Waals surface area contributed by atoms with Crippen molar-refractivity contribution in [2.24, 2.45) is 0 Å². The molecule has 0 saturated carbocycles. The summed E-state index contributed by atoms with van der Waals surface area (Å²) in [5.74, 6) is -1.55. The molecule has 2 rings (SSSR count). The van der Waals surface area contributed by atoms with Crippen LogP contribution >= 0.6 is 0 Å². The molecule has 0 heterocycles. The smallest absolute Gasteiger partial charge is 0.254 e. The first-order valence-corrected chi connectivity index (χ1v) is 6.50. The van der Waals surface area contributed by atoms with Crippen LogP contribution in [0.2, 0.25) is 0 Å². The molecule has 0 fully saturated rings. The third-order valence-electron chi connectivity index (χ3n) is 2.86. The number of benzene rings is 2. The van der Waals surface area contributed by atoms with Gasteiger partial charge in [0.25, 0.3) is 5.91 Å². The molecule has 5 heteroatoms. The van der Waals surface area contributed by atoms with Crippen molar-refractivity contribution in [3.8, 4) is 0 Å². The van der Waals surface area contributed by atoms with E-state index in [9.17, 15) is 14.0 Å². The Balaban J connectivity index is 1.79. The Bertz CT molecular complexity index is 629. The fourth-order valence-electron chi connectivity index (χ4n) is 1.76. The molecule has 2 amide bonds. The number of carbonyl (C=O) groups is 2. The number of amides is 2. The first kappa shape index (κ1) is 14.7. The summed E-state index contributed by atoms with van der Waals surface area (Å²) in [5, 5.41) is 5.06. The van der Waals surface area contributed by atoms with E-state index in [1.807, 2.05) is 30.3 Å². The second-order valence-corrected chi connectivity index (χ2v) is 4.42. The highest BCUT2D eigenvalue weighted by Crippen LogP contribution is 2.05. The third-order valence-corrected chi connectivity index (χ3v) is 2.86. The quantitative estimate of drug-likeness (QED) is 0.881. The lowest BCUT2D eigenvalue weighted by atomic mass is 10.2. The van der Waals surface area contributed by atoms with Crippen LogP contribution < -0.4 is 10.6 Å². The largest absolute Gasteiger partial charge is 0.350 e. The van der Waals surface area contributed by atoms with Crippen LogP contribution in [0, 0.1) is 5.82 Å². The van der Waals surface area contributed by atoms with E-state index in [4.69, 9.17) is 0 Å². The summed E-state index contributed by atoms with van der Waals surface area (Å²) in [5.41, 5.74) is 0.889. The normalized spacial score (nSPS) is 9.95. The molecule has 0 bridgehead atoms. The Morgan fingerprint density at radius 3 is 2.29 bits per heavy atom. The van der Waals surface area contributed by atoms with Crippen LogP contribution in [0.1, 0.15) is 15.9 Å². The molecule has 2 N–H and O–H groups in total. The van der Waals surface area contributed by atoms with E-state index < -0.39 is 11.7 Å². The summed E-state index contributed by atoms with van der Waals surface area (Å²) in [6.45, 7) is 0.190. The van der Waals surface area contributed by atoms with Crippen molar-refractivity contribution < 1.29 is 14.0 Å². The van der Waals surface area contributed by atoms with Crippen molar-refractivity contribution in [2.45, 2.75) is 6.54 Å². The number of hydrogen-bond donors (Lipinski definition) is 2. The molecule has 0 aliphatic heterocycles. The monoisotopic (exact) mass is 286 g/mol. The number of carbonyl (C=O) groups excluding carboxylic acids is 2. The lowest BCUT2D eigenvalue weighted by Gasteiger charge is -2.07.